The molecule has 1 amide bonds. The smallest absolute Gasteiger partial charge is 0.407 e. The lowest BCUT2D eigenvalue weighted by Crippen LogP contribution is -2.36. The molecule has 0 aliphatic heterocycles. The Morgan fingerprint density at radius 1 is 0.871 bits per heavy atom. The van der Waals surface area contributed by atoms with Gasteiger partial charge in [0.25, 0.3) is 0 Å². The van der Waals surface area contributed by atoms with E-state index >= 15 is 0 Å². The number of rotatable bonds is 19. The largest absolute Gasteiger partial charge is 0.470 e. The van der Waals surface area contributed by atoms with E-state index in [2.05, 4.69) is 25.1 Å². The van der Waals surface area contributed by atoms with Crippen LogP contribution in [-0.4, -0.2) is 85.6 Å². The molecule has 0 fully saturated rings. The first-order valence-corrected chi connectivity index (χ1v) is 9.31. The van der Waals surface area contributed by atoms with Crippen molar-refractivity contribution in [3.8, 4) is 0 Å². The van der Waals surface area contributed by atoms with Crippen LogP contribution in [0, 0.1) is 0 Å². The van der Waals surface area contributed by atoms with Gasteiger partial charge in [0.15, 0.2) is 19.7 Å². The summed E-state index contributed by atoms with van der Waals surface area (Å²) in [5.74, 6) is 0.242. The van der Waals surface area contributed by atoms with Crippen LogP contribution < -0.4 is 5.32 Å². The number of nitrogens with one attached hydrogen (secondary N) is 1. The molecule has 0 bridgehead atoms. The first-order valence-electron chi connectivity index (χ1n) is 9.31. The van der Waals surface area contributed by atoms with Gasteiger partial charge in [0, 0.05) is 19.8 Å². The minimum atomic E-state index is -0.767. The van der Waals surface area contributed by atoms with Gasteiger partial charge in [-0.2, -0.15) is 0 Å². The summed E-state index contributed by atoms with van der Waals surface area (Å²) >= 11 is 0. The number of alkyl carbamates (subject to hydrolysis) is 1. The second-order valence-corrected chi connectivity index (χ2v) is 6.08. The van der Waals surface area contributed by atoms with Crippen LogP contribution in [0.3, 0.4) is 0 Å². The normalized spacial score (nSPS) is 10.3. The van der Waals surface area contributed by atoms with Crippen LogP contribution in [0.4, 0.5) is 4.79 Å². The third-order valence-electron chi connectivity index (χ3n) is 3.14. The predicted octanol–water partition coefficient (Wildman–Crippen LogP) is 1.50. The van der Waals surface area contributed by atoms with Gasteiger partial charge in [-0.25, -0.2) is 9.59 Å². The highest BCUT2D eigenvalue weighted by Gasteiger charge is 2.16. The average Bonchev–Trinajstić information content (AvgIpc) is 2.71. The molecule has 0 aromatic carbocycles. The second kappa shape index (κ2) is 18.2. The molecule has 0 heterocycles. The van der Waals surface area contributed by atoms with Crippen LogP contribution in [0.25, 0.3) is 0 Å². The molecule has 0 aliphatic carbocycles. The molecule has 1 N–H and O–H groups in total. The van der Waals surface area contributed by atoms with Crippen LogP contribution in [0.2, 0.25) is 0 Å². The molecule has 0 unspecified atom stereocenters. The van der Waals surface area contributed by atoms with Gasteiger partial charge in [-0.1, -0.05) is 19.7 Å². The van der Waals surface area contributed by atoms with E-state index in [1.165, 1.54) is 21.1 Å². The number of carbonyl (C=O) groups excluding carboxylic acids is 2. The summed E-state index contributed by atoms with van der Waals surface area (Å²) in [4.78, 5) is 23.2. The molecule has 0 atom stereocenters. The van der Waals surface area contributed by atoms with E-state index in [0.717, 1.165) is 0 Å². The van der Waals surface area contributed by atoms with E-state index in [9.17, 15) is 9.59 Å². The van der Waals surface area contributed by atoms with Gasteiger partial charge in [-0.05, 0) is 6.92 Å². The highest BCUT2D eigenvalue weighted by molar-refractivity contribution is 5.86. The highest BCUT2D eigenvalue weighted by atomic mass is 16.7. The van der Waals surface area contributed by atoms with Crippen molar-refractivity contribution in [2.45, 2.75) is 13.0 Å². The molecule has 0 saturated heterocycles. The zero-order chi connectivity index (χ0) is 23.5. The topological polar surface area (TPSA) is 120 Å². The summed E-state index contributed by atoms with van der Waals surface area (Å²) in [6, 6.07) is 0. The minimum Gasteiger partial charge on any atom is -0.470 e. The summed E-state index contributed by atoms with van der Waals surface area (Å²) in [5.41, 5.74) is 0.266. The third-order valence-corrected chi connectivity index (χ3v) is 3.14. The Balaban J connectivity index is 4.34. The lowest BCUT2D eigenvalue weighted by molar-refractivity contribution is -0.138. The van der Waals surface area contributed by atoms with Crippen molar-refractivity contribution in [2.75, 3.05) is 67.4 Å². The summed E-state index contributed by atoms with van der Waals surface area (Å²) in [5, 5.41) is 2.46. The summed E-state index contributed by atoms with van der Waals surface area (Å²) in [6.45, 7) is 12.5. The number of amides is 1. The lowest BCUT2D eigenvalue weighted by atomic mass is 10.4. The van der Waals surface area contributed by atoms with E-state index in [1.807, 2.05) is 0 Å². The van der Waals surface area contributed by atoms with Crippen LogP contribution in [0.1, 0.15) is 6.92 Å². The minimum absolute atomic E-state index is 0.0165. The standard InChI is InChI=1S/C20H33NO10/c1-15(2)19(22)28-8-7-21-20(23)31-18(11-26-13-29-16(3)9-24-5)12-27-14-30-17(4)10-25-6/h18H,1,3-4,7-14H2,2,5-6H3,(H,21,23). The Morgan fingerprint density at radius 3 is 1.84 bits per heavy atom. The second-order valence-electron chi connectivity index (χ2n) is 6.08. The summed E-state index contributed by atoms with van der Waals surface area (Å²) in [7, 11) is 3.02. The molecule has 0 rings (SSSR count). The Bertz CT molecular complexity index is 552. The molecule has 0 spiro atoms. The van der Waals surface area contributed by atoms with E-state index < -0.39 is 18.2 Å². The van der Waals surface area contributed by atoms with E-state index in [1.54, 1.807) is 0 Å². The van der Waals surface area contributed by atoms with Crippen molar-refractivity contribution in [1.82, 2.24) is 5.32 Å². The number of methoxy groups -OCH3 is 2. The van der Waals surface area contributed by atoms with Gasteiger partial charge in [0.2, 0.25) is 0 Å². The first kappa shape index (κ1) is 28.4. The fourth-order valence-electron chi connectivity index (χ4n) is 1.74. The molecule has 0 aliphatic rings. The molecular weight excluding hydrogens is 414 g/mol. The third kappa shape index (κ3) is 16.8. The van der Waals surface area contributed by atoms with Crippen molar-refractivity contribution < 1.29 is 47.5 Å². The van der Waals surface area contributed by atoms with Crippen molar-refractivity contribution in [3.63, 3.8) is 0 Å². The number of hydrogen-bond acceptors (Lipinski definition) is 10. The molecule has 0 radical (unpaired) electrons. The Kier molecular flexibility index (Phi) is 16.7. The molecular formula is C20H33NO10. The van der Waals surface area contributed by atoms with Gasteiger partial charge in [-0.3, -0.25) is 0 Å². The van der Waals surface area contributed by atoms with Crippen molar-refractivity contribution in [2.24, 2.45) is 0 Å². The van der Waals surface area contributed by atoms with Crippen LogP contribution >= 0.6 is 0 Å². The fourth-order valence-corrected chi connectivity index (χ4v) is 1.74. The monoisotopic (exact) mass is 447 g/mol. The van der Waals surface area contributed by atoms with Crippen molar-refractivity contribution in [1.29, 1.82) is 0 Å². The number of hydrogen-bond donors (Lipinski definition) is 1. The number of carbonyl (C=O) groups is 2. The van der Waals surface area contributed by atoms with Crippen LogP contribution in [-0.2, 0) is 42.7 Å². The predicted molar refractivity (Wildman–Crippen MR) is 110 cm³/mol. The fraction of sp³-hybridized carbons (Fsp3) is 0.600. The molecule has 0 aromatic heterocycles. The van der Waals surface area contributed by atoms with Gasteiger partial charge in [-0.15, -0.1) is 0 Å². The van der Waals surface area contributed by atoms with Gasteiger partial charge < -0.3 is 43.2 Å². The quantitative estimate of drug-likeness (QED) is 0.103. The molecule has 178 valence electrons. The Morgan fingerprint density at radius 2 is 1.39 bits per heavy atom. The Hall–Kier alpha value is -2.60. The van der Waals surface area contributed by atoms with Crippen LogP contribution in [0.15, 0.2) is 36.8 Å². The zero-order valence-corrected chi connectivity index (χ0v) is 18.4. The first-order chi connectivity index (χ1) is 14.8. The SMILES string of the molecule is C=C(COC)OCOCC(COCOC(=C)COC)OC(=O)NCCOC(=O)C(=C)C. The maximum absolute atomic E-state index is 12.0. The van der Waals surface area contributed by atoms with Crippen LogP contribution in [0.5, 0.6) is 0 Å². The van der Waals surface area contributed by atoms with E-state index in [0.29, 0.717) is 11.5 Å². The van der Waals surface area contributed by atoms with E-state index in [-0.39, 0.29) is 58.7 Å². The van der Waals surface area contributed by atoms with Crippen molar-refractivity contribution in [3.05, 3.63) is 36.8 Å². The highest BCUT2D eigenvalue weighted by Crippen LogP contribution is 2.01. The molecule has 31 heavy (non-hydrogen) atoms. The average molecular weight is 447 g/mol. The zero-order valence-electron chi connectivity index (χ0n) is 18.4. The van der Waals surface area contributed by atoms with Gasteiger partial charge in [0.05, 0.1) is 19.8 Å². The lowest BCUT2D eigenvalue weighted by Gasteiger charge is -2.19. The molecule has 0 saturated carbocycles. The van der Waals surface area contributed by atoms with Crippen molar-refractivity contribution >= 4 is 12.1 Å². The maximum atomic E-state index is 12.0. The summed E-state index contributed by atoms with van der Waals surface area (Å²) in [6.07, 6.45) is -1.51. The van der Waals surface area contributed by atoms with E-state index in [4.69, 9.17) is 37.9 Å². The molecule has 11 heteroatoms. The van der Waals surface area contributed by atoms with Gasteiger partial charge >= 0.3 is 12.1 Å². The maximum Gasteiger partial charge on any atom is 0.407 e. The summed E-state index contributed by atoms with van der Waals surface area (Å²) < 4.78 is 40.9. The number of ether oxygens (including phenoxy) is 8. The number of esters is 1. The molecule has 0 aromatic rings. The Labute approximate surface area is 182 Å². The van der Waals surface area contributed by atoms with Gasteiger partial charge in [0.1, 0.15) is 31.3 Å². The molecule has 11 nitrogen and oxygen atoms in total.